The van der Waals surface area contributed by atoms with E-state index in [0.29, 0.717) is 11.8 Å². The number of amides is 1. The van der Waals surface area contributed by atoms with Crippen molar-refractivity contribution in [2.24, 2.45) is 34.5 Å². The standard InChI is InChI=1S/C30H45NO/c1-7-21-11-9-12-22(8-2)27(21)31-28(32)30(6)18-10-17-29(5)25-15-13-23(20(3)4)19-24(25)14-16-26(29)30/h9,11-12,14,20,23,25-26H,7-8,10,13,15-19H2,1-6H3,(H,31,32)/t23?,25-,26+,29+,30+/m0/s1. The van der Waals surface area contributed by atoms with Gasteiger partial charge in [-0.05, 0) is 91.6 Å². The van der Waals surface area contributed by atoms with Gasteiger partial charge in [-0.2, -0.15) is 0 Å². The Kier molecular flexibility index (Phi) is 6.63. The van der Waals surface area contributed by atoms with E-state index in [0.717, 1.165) is 43.2 Å². The lowest BCUT2D eigenvalue weighted by atomic mass is 9.46. The zero-order valence-corrected chi connectivity index (χ0v) is 21.4. The lowest BCUT2D eigenvalue weighted by molar-refractivity contribution is -0.139. The van der Waals surface area contributed by atoms with Crippen LogP contribution in [0.15, 0.2) is 29.8 Å². The molecule has 3 aliphatic rings. The Bertz CT molecular complexity index is 861. The molecule has 2 saturated carbocycles. The number of anilines is 1. The third-order valence-corrected chi connectivity index (χ3v) is 9.86. The number of carbonyl (C=O) groups is 1. The molecule has 0 spiro atoms. The molecule has 5 atom stereocenters. The number of hydrogen-bond donors (Lipinski definition) is 1. The van der Waals surface area contributed by atoms with Crippen LogP contribution in [0.3, 0.4) is 0 Å². The van der Waals surface area contributed by atoms with Gasteiger partial charge in [0.05, 0.1) is 5.41 Å². The Morgan fingerprint density at radius 2 is 1.78 bits per heavy atom. The van der Waals surface area contributed by atoms with E-state index in [-0.39, 0.29) is 16.7 Å². The van der Waals surface area contributed by atoms with Gasteiger partial charge in [0.1, 0.15) is 0 Å². The zero-order valence-electron chi connectivity index (χ0n) is 21.4. The van der Waals surface area contributed by atoms with Crippen molar-refractivity contribution in [1.82, 2.24) is 0 Å². The molecule has 32 heavy (non-hydrogen) atoms. The predicted octanol–water partition coefficient (Wildman–Crippen LogP) is 7.97. The van der Waals surface area contributed by atoms with Crippen LogP contribution in [-0.4, -0.2) is 5.91 Å². The van der Waals surface area contributed by atoms with Crippen molar-refractivity contribution < 1.29 is 4.79 Å². The minimum absolute atomic E-state index is 0.258. The molecule has 1 aromatic rings. The van der Waals surface area contributed by atoms with Gasteiger partial charge in [-0.1, -0.05) is 77.8 Å². The van der Waals surface area contributed by atoms with Crippen molar-refractivity contribution >= 4 is 11.6 Å². The topological polar surface area (TPSA) is 29.1 Å². The second-order valence-corrected chi connectivity index (χ2v) is 11.8. The van der Waals surface area contributed by atoms with Crippen LogP contribution in [0, 0.1) is 34.5 Å². The first-order valence-corrected chi connectivity index (χ1v) is 13.4. The minimum atomic E-state index is -0.296. The molecular weight excluding hydrogens is 390 g/mol. The van der Waals surface area contributed by atoms with E-state index in [1.807, 2.05) is 0 Å². The van der Waals surface area contributed by atoms with Gasteiger partial charge >= 0.3 is 0 Å². The maximum atomic E-state index is 14.0. The number of aryl methyl sites for hydroxylation is 2. The molecule has 0 heterocycles. The van der Waals surface area contributed by atoms with Gasteiger partial charge in [-0.15, -0.1) is 0 Å². The summed E-state index contributed by atoms with van der Waals surface area (Å²) < 4.78 is 0. The second-order valence-electron chi connectivity index (χ2n) is 11.8. The van der Waals surface area contributed by atoms with Gasteiger partial charge in [-0.3, -0.25) is 4.79 Å². The zero-order chi connectivity index (χ0) is 23.1. The molecule has 176 valence electrons. The highest BCUT2D eigenvalue weighted by atomic mass is 16.2. The molecule has 1 N–H and O–H groups in total. The van der Waals surface area contributed by atoms with Gasteiger partial charge in [0, 0.05) is 5.69 Å². The number of nitrogens with one attached hydrogen (secondary N) is 1. The molecule has 2 nitrogen and oxygen atoms in total. The van der Waals surface area contributed by atoms with E-state index in [9.17, 15) is 4.79 Å². The van der Waals surface area contributed by atoms with Crippen LogP contribution in [0.4, 0.5) is 5.69 Å². The fourth-order valence-electron chi connectivity index (χ4n) is 7.72. The number of fused-ring (bicyclic) bond motifs is 3. The summed E-state index contributed by atoms with van der Waals surface area (Å²) in [6.07, 6.45) is 13.0. The summed E-state index contributed by atoms with van der Waals surface area (Å²) in [5, 5.41) is 3.48. The van der Waals surface area contributed by atoms with Gasteiger partial charge in [-0.25, -0.2) is 0 Å². The van der Waals surface area contributed by atoms with E-state index in [1.54, 1.807) is 5.57 Å². The van der Waals surface area contributed by atoms with Crippen molar-refractivity contribution in [1.29, 1.82) is 0 Å². The number of carbonyl (C=O) groups excluding carboxylic acids is 1. The highest BCUT2D eigenvalue weighted by Gasteiger charge is 2.57. The monoisotopic (exact) mass is 435 g/mol. The molecule has 3 aliphatic carbocycles. The molecule has 1 unspecified atom stereocenters. The average molecular weight is 436 g/mol. The molecule has 1 amide bonds. The summed E-state index contributed by atoms with van der Waals surface area (Å²) in [6, 6.07) is 6.48. The van der Waals surface area contributed by atoms with Crippen LogP contribution < -0.4 is 5.32 Å². The summed E-state index contributed by atoms with van der Waals surface area (Å²) in [5.74, 6) is 2.99. The maximum absolute atomic E-state index is 14.0. The fourth-order valence-corrected chi connectivity index (χ4v) is 7.72. The third kappa shape index (κ3) is 3.86. The second kappa shape index (κ2) is 8.99. The van der Waals surface area contributed by atoms with Crippen molar-refractivity contribution in [3.05, 3.63) is 41.0 Å². The summed E-state index contributed by atoms with van der Waals surface area (Å²) in [7, 11) is 0. The molecule has 2 fully saturated rings. The lowest BCUT2D eigenvalue weighted by Crippen LogP contribution is -2.54. The van der Waals surface area contributed by atoms with Crippen molar-refractivity contribution in [2.45, 2.75) is 99.3 Å². The SMILES string of the molecule is CCc1cccc(CC)c1NC(=O)[C@]1(C)CCC[C@@]2(C)[C@H]1CC=C1CC(C(C)C)CC[C@@H]12. The van der Waals surface area contributed by atoms with E-state index in [4.69, 9.17) is 0 Å². The maximum Gasteiger partial charge on any atom is 0.230 e. The van der Waals surface area contributed by atoms with E-state index < -0.39 is 0 Å². The van der Waals surface area contributed by atoms with Crippen LogP contribution in [-0.2, 0) is 17.6 Å². The average Bonchev–Trinajstić information content (AvgIpc) is 2.78. The molecule has 0 aromatic heterocycles. The Morgan fingerprint density at radius 1 is 1.09 bits per heavy atom. The molecule has 1 aromatic carbocycles. The van der Waals surface area contributed by atoms with Gasteiger partial charge in [0.15, 0.2) is 0 Å². The molecule has 0 bridgehead atoms. The third-order valence-electron chi connectivity index (χ3n) is 9.86. The van der Waals surface area contributed by atoms with Gasteiger partial charge < -0.3 is 5.32 Å². The van der Waals surface area contributed by atoms with E-state index in [2.05, 4.69) is 71.1 Å². The molecule has 0 saturated heterocycles. The fraction of sp³-hybridized carbons (Fsp3) is 0.700. The first kappa shape index (κ1) is 23.6. The van der Waals surface area contributed by atoms with Crippen LogP contribution in [0.5, 0.6) is 0 Å². The summed E-state index contributed by atoms with van der Waals surface area (Å²) in [4.78, 5) is 14.0. The van der Waals surface area contributed by atoms with Crippen LogP contribution in [0.2, 0.25) is 0 Å². The molecule has 0 radical (unpaired) electrons. The number of para-hydroxylation sites is 1. The molecule has 4 rings (SSSR count). The Hall–Kier alpha value is -1.57. The van der Waals surface area contributed by atoms with Crippen molar-refractivity contribution in [3.8, 4) is 0 Å². The molecule has 2 heteroatoms. The normalized spacial score (nSPS) is 34.5. The Balaban J connectivity index is 1.63. The number of rotatable bonds is 5. The summed E-state index contributed by atoms with van der Waals surface area (Å²) in [6.45, 7) is 14.0. The molecule has 0 aliphatic heterocycles. The highest BCUT2D eigenvalue weighted by Crippen LogP contribution is 2.63. The van der Waals surface area contributed by atoms with E-state index in [1.165, 1.54) is 43.2 Å². The highest BCUT2D eigenvalue weighted by molar-refractivity contribution is 5.97. The van der Waals surface area contributed by atoms with Crippen LogP contribution in [0.1, 0.15) is 97.6 Å². The quantitative estimate of drug-likeness (QED) is 0.467. The number of allylic oxidation sites excluding steroid dienone is 2. The Morgan fingerprint density at radius 3 is 2.41 bits per heavy atom. The number of benzene rings is 1. The summed E-state index contributed by atoms with van der Waals surface area (Å²) in [5.41, 5.74) is 5.29. The largest absolute Gasteiger partial charge is 0.325 e. The summed E-state index contributed by atoms with van der Waals surface area (Å²) >= 11 is 0. The van der Waals surface area contributed by atoms with Crippen LogP contribution in [0.25, 0.3) is 0 Å². The smallest absolute Gasteiger partial charge is 0.230 e. The van der Waals surface area contributed by atoms with Gasteiger partial charge in [0.25, 0.3) is 0 Å². The van der Waals surface area contributed by atoms with Crippen LogP contribution >= 0.6 is 0 Å². The first-order chi connectivity index (χ1) is 15.2. The molecular formula is C30H45NO. The predicted molar refractivity (Wildman–Crippen MR) is 136 cm³/mol. The van der Waals surface area contributed by atoms with Crippen molar-refractivity contribution in [3.63, 3.8) is 0 Å². The first-order valence-electron chi connectivity index (χ1n) is 13.4. The van der Waals surface area contributed by atoms with E-state index >= 15 is 0 Å². The minimum Gasteiger partial charge on any atom is -0.325 e. The Labute approximate surface area is 196 Å². The van der Waals surface area contributed by atoms with Crippen molar-refractivity contribution in [2.75, 3.05) is 5.32 Å². The lowest BCUT2D eigenvalue weighted by Gasteiger charge is -2.58. The van der Waals surface area contributed by atoms with Gasteiger partial charge in [0.2, 0.25) is 5.91 Å². The number of hydrogen-bond acceptors (Lipinski definition) is 1.